The van der Waals surface area contributed by atoms with Crippen LogP contribution in [0, 0.1) is 10.5 Å². The summed E-state index contributed by atoms with van der Waals surface area (Å²) in [6.07, 6.45) is 1.72. The lowest BCUT2D eigenvalue weighted by Gasteiger charge is -2.12. The smallest absolute Gasteiger partial charge is 0.261 e. The van der Waals surface area contributed by atoms with Crippen LogP contribution in [0.3, 0.4) is 0 Å². The van der Waals surface area contributed by atoms with Gasteiger partial charge in [0.1, 0.15) is 11.6 Å². The molecule has 8 heteroatoms. The minimum absolute atomic E-state index is 0.175. The van der Waals surface area contributed by atoms with Crippen molar-refractivity contribution in [3.8, 4) is 5.75 Å². The molecule has 0 aliphatic carbocycles. The molecule has 1 heterocycles. The van der Waals surface area contributed by atoms with Gasteiger partial charge in [-0.1, -0.05) is 15.9 Å². The van der Waals surface area contributed by atoms with Crippen LogP contribution in [0.4, 0.5) is 5.82 Å². The number of hydrogen-bond donors (Lipinski definition) is 2. The Morgan fingerprint density at radius 3 is 2.78 bits per heavy atom. The van der Waals surface area contributed by atoms with Crippen molar-refractivity contribution < 1.29 is 9.53 Å². The third kappa shape index (κ3) is 4.85. The Morgan fingerprint density at radius 1 is 1.39 bits per heavy atom. The average molecular weight is 506 g/mol. The van der Waals surface area contributed by atoms with Crippen LogP contribution in [-0.4, -0.2) is 23.1 Å². The fraction of sp³-hybridized carbons (Fsp3) is 0.133. The molecule has 2 rings (SSSR count). The zero-order valence-corrected chi connectivity index (χ0v) is 16.9. The number of thiocarbonyl (C=S) groups is 1. The van der Waals surface area contributed by atoms with Crippen molar-refractivity contribution in [3.63, 3.8) is 0 Å². The number of benzene rings is 1. The first-order valence-corrected chi connectivity index (χ1v) is 8.76. The number of ether oxygens (including phenoxy) is 1. The van der Waals surface area contributed by atoms with E-state index in [9.17, 15) is 4.79 Å². The van der Waals surface area contributed by atoms with E-state index in [4.69, 9.17) is 17.0 Å². The molecule has 1 amide bonds. The molecule has 0 aliphatic heterocycles. The monoisotopic (exact) mass is 505 g/mol. The minimum Gasteiger partial charge on any atom is -0.496 e. The first-order valence-electron chi connectivity index (χ1n) is 6.48. The van der Waals surface area contributed by atoms with Crippen LogP contribution in [0.5, 0.6) is 5.75 Å². The van der Waals surface area contributed by atoms with Gasteiger partial charge in [0.25, 0.3) is 5.91 Å². The largest absolute Gasteiger partial charge is 0.496 e. The van der Waals surface area contributed by atoms with Gasteiger partial charge in [-0.15, -0.1) is 0 Å². The molecular formula is C15H13BrIN3O2S. The van der Waals surface area contributed by atoms with Crippen molar-refractivity contribution in [1.29, 1.82) is 0 Å². The van der Waals surface area contributed by atoms with E-state index in [-0.39, 0.29) is 11.0 Å². The molecule has 0 radical (unpaired) electrons. The molecule has 0 saturated carbocycles. The van der Waals surface area contributed by atoms with Crippen LogP contribution in [0.25, 0.3) is 0 Å². The summed E-state index contributed by atoms with van der Waals surface area (Å²) >= 11 is 10.7. The highest BCUT2D eigenvalue weighted by atomic mass is 127. The van der Waals surface area contributed by atoms with Crippen LogP contribution in [0.15, 0.2) is 34.9 Å². The van der Waals surface area contributed by atoms with E-state index in [0.29, 0.717) is 17.1 Å². The molecule has 5 nitrogen and oxygen atoms in total. The molecule has 0 bridgehead atoms. The first kappa shape index (κ1) is 18.1. The van der Waals surface area contributed by atoms with Crippen LogP contribution in [0.1, 0.15) is 15.9 Å². The van der Waals surface area contributed by atoms with Gasteiger partial charge in [0.2, 0.25) is 0 Å². The Morgan fingerprint density at radius 2 is 2.13 bits per heavy atom. The number of pyridine rings is 1. The van der Waals surface area contributed by atoms with E-state index in [1.807, 2.05) is 13.0 Å². The van der Waals surface area contributed by atoms with Crippen molar-refractivity contribution >= 4 is 67.6 Å². The van der Waals surface area contributed by atoms with Crippen LogP contribution in [-0.2, 0) is 0 Å². The fourth-order valence-corrected chi connectivity index (χ4v) is 3.00. The van der Waals surface area contributed by atoms with Crippen LogP contribution in [0.2, 0.25) is 0 Å². The van der Waals surface area contributed by atoms with Crippen molar-refractivity contribution in [1.82, 2.24) is 10.3 Å². The normalized spacial score (nSPS) is 10.1. The summed E-state index contributed by atoms with van der Waals surface area (Å²) in [5.74, 6) is 0.720. The van der Waals surface area contributed by atoms with Gasteiger partial charge in [0.05, 0.1) is 12.7 Å². The van der Waals surface area contributed by atoms with Crippen molar-refractivity contribution in [3.05, 3.63) is 49.6 Å². The molecule has 1 aromatic heterocycles. The number of anilines is 1. The van der Waals surface area contributed by atoms with Gasteiger partial charge >= 0.3 is 0 Å². The van der Waals surface area contributed by atoms with E-state index in [0.717, 1.165) is 13.6 Å². The zero-order valence-electron chi connectivity index (χ0n) is 12.3. The molecule has 0 unspecified atom stereocenters. The quantitative estimate of drug-likeness (QED) is 0.489. The maximum absolute atomic E-state index is 12.4. The van der Waals surface area contributed by atoms with E-state index in [1.165, 1.54) is 7.11 Å². The van der Waals surface area contributed by atoms with Crippen molar-refractivity contribution in [2.24, 2.45) is 0 Å². The number of aromatic nitrogens is 1. The summed E-state index contributed by atoms with van der Waals surface area (Å²) in [6, 6.07) is 7.15. The number of carbonyl (C=O) groups is 1. The molecule has 2 N–H and O–H groups in total. The number of hydrogen-bond acceptors (Lipinski definition) is 4. The van der Waals surface area contributed by atoms with Crippen molar-refractivity contribution in [2.45, 2.75) is 6.92 Å². The fourth-order valence-electron chi connectivity index (χ4n) is 1.84. The van der Waals surface area contributed by atoms with E-state index in [1.54, 1.807) is 24.4 Å². The van der Waals surface area contributed by atoms with E-state index < -0.39 is 0 Å². The third-order valence-corrected chi connectivity index (χ3v) is 4.20. The number of amides is 1. The lowest BCUT2D eigenvalue weighted by molar-refractivity contribution is 0.0974. The maximum Gasteiger partial charge on any atom is 0.261 e. The molecule has 0 fully saturated rings. The molecule has 2 aromatic rings. The zero-order chi connectivity index (χ0) is 17.0. The highest BCUT2D eigenvalue weighted by Crippen LogP contribution is 2.23. The topological polar surface area (TPSA) is 63.2 Å². The van der Waals surface area contributed by atoms with Crippen molar-refractivity contribution in [2.75, 3.05) is 12.4 Å². The summed E-state index contributed by atoms with van der Waals surface area (Å²) in [4.78, 5) is 16.6. The number of halogens is 2. The summed E-state index contributed by atoms with van der Waals surface area (Å²) in [5.41, 5.74) is 1.33. The second-order valence-corrected chi connectivity index (χ2v) is 7.14. The molecule has 1 aromatic carbocycles. The van der Waals surface area contributed by atoms with E-state index in [2.05, 4.69) is 54.1 Å². The van der Waals surface area contributed by atoms with Gasteiger partial charge < -0.3 is 10.1 Å². The summed E-state index contributed by atoms with van der Waals surface area (Å²) in [5, 5.41) is 5.72. The van der Waals surface area contributed by atoms with Gasteiger partial charge in [-0.2, -0.15) is 0 Å². The highest BCUT2D eigenvalue weighted by Gasteiger charge is 2.14. The highest BCUT2D eigenvalue weighted by molar-refractivity contribution is 14.1. The summed E-state index contributed by atoms with van der Waals surface area (Å²) in [6.45, 7) is 1.92. The Kier molecular flexibility index (Phi) is 6.31. The SMILES string of the molecule is COc1ccc(Br)cc1C(=O)NC(=S)Nc1ncc(I)cc1C. The lowest BCUT2D eigenvalue weighted by atomic mass is 10.2. The number of nitrogens with zero attached hydrogens (tertiary/aromatic N) is 1. The van der Waals surface area contributed by atoms with Gasteiger partial charge in [-0.25, -0.2) is 4.98 Å². The van der Waals surface area contributed by atoms with Gasteiger partial charge in [0, 0.05) is 14.2 Å². The molecule has 120 valence electrons. The average Bonchev–Trinajstić information content (AvgIpc) is 2.50. The molecule has 0 spiro atoms. The predicted octanol–water partition coefficient (Wildman–Crippen LogP) is 3.89. The number of aryl methyl sites for hydroxylation is 1. The molecule has 0 atom stereocenters. The number of rotatable bonds is 3. The van der Waals surface area contributed by atoms with Crippen LogP contribution >= 0.6 is 50.7 Å². The van der Waals surface area contributed by atoms with E-state index >= 15 is 0 Å². The second-order valence-electron chi connectivity index (χ2n) is 4.57. The molecule has 0 aliphatic rings. The Bertz CT molecular complexity index is 770. The van der Waals surface area contributed by atoms with Gasteiger partial charge in [-0.05, 0) is 71.6 Å². The summed E-state index contributed by atoms with van der Waals surface area (Å²) < 4.78 is 7.00. The molecule has 23 heavy (non-hydrogen) atoms. The van der Waals surface area contributed by atoms with Crippen LogP contribution < -0.4 is 15.4 Å². The number of methoxy groups -OCH3 is 1. The maximum atomic E-state index is 12.4. The standard InChI is InChI=1S/C15H13BrIN3O2S/c1-8-5-10(17)7-18-13(8)19-15(23)20-14(21)11-6-9(16)3-4-12(11)22-2/h3-7H,1-2H3,(H2,18,19,20,21,23). The molecule has 0 saturated heterocycles. The lowest BCUT2D eigenvalue weighted by Crippen LogP contribution is -2.34. The predicted molar refractivity (Wildman–Crippen MR) is 106 cm³/mol. The number of nitrogens with one attached hydrogen (secondary N) is 2. The Hall–Kier alpha value is -1.26. The second kappa shape index (κ2) is 8.02. The number of carbonyl (C=O) groups excluding carboxylic acids is 1. The summed E-state index contributed by atoms with van der Waals surface area (Å²) in [7, 11) is 1.51. The molecular weight excluding hydrogens is 493 g/mol. The van der Waals surface area contributed by atoms with Gasteiger partial charge in [0.15, 0.2) is 5.11 Å². The Labute approximate surface area is 161 Å². The Balaban J connectivity index is 2.11. The third-order valence-electron chi connectivity index (χ3n) is 2.91. The van der Waals surface area contributed by atoms with Gasteiger partial charge in [-0.3, -0.25) is 10.1 Å². The first-order chi connectivity index (χ1) is 10.9. The minimum atomic E-state index is -0.358.